The molecule has 1 heterocycles. The topological polar surface area (TPSA) is 7.12 Å². The molecule has 0 spiro atoms. The number of hydrogen-bond acceptors (Lipinski definition) is 1. The number of hydrogen-bond donors (Lipinski definition) is 0. The largest absolute Gasteiger partial charge is 0.303 e. The lowest BCUT2D eigenvalue weighted by Gasteiger charge is -2.06. The van der Waals surface area contributed by atoms with Crippen molar-refractivity contribution >= 4 is 0 Å². The third kappa shape index (κ3) is 2.62. The molecule has 0 saturated heterocycles. The van der Waals surface area contributed by atoms with Gasteiger partial charge < -0.3 is 4.90 Å². The highest BCUT2D eigenvalue weighted by Gasteiger charge is 2.03. The number of likely N-dealkylation sites (N-methyl/N-ethyl adjacent to an activating group) is 1. The lowest BCUT2D eigenvalue weighted by molar-refractivity contribution is -0.702. The summed E-state index contributed by atoms with van der Waals surface area (Å²) in [5, 5.41) is 0. The highest BCUT2D eigenvalue weighted by Crippen LogP contribution is 1.87. The van der Waals surface area contributed by atoms with Crippen LogP contribution in [0, 0.1) is 6.92 Å². The number of pyridine rings is 1. The van der Waals surface area contributed by atoms with E-state index in [1.807, 2.05) is 0 Å². The van der Waals surface area contributed by atoms with Crippen LogP contribution in [0.1, 0.15) is 5.69 Å². The summed E-state index contributed by atoms with van der Waals surface area (Å²) in [4.78, 5) is 2.19. The van der Waals surface area contributed by atoms with Gasteiger partial charge in [0.2, 0.25) is 0 Å². The van der Waals surface area contributed by atoms with Gasteiger partial charge in [-0.15, -0.1) is 0 Å². The fourth-order valence-electron chi connectivity index (χ4n) is 1.12. The van der Waals surface area contributed by atoms with Crippen molar-refractivity contribution in [3.63, 3.8) is 0 Å². The molecule has 0 unspecified atom stereocenters. The monoisotopic (exact) mass is 165 g/mol. The summed E-state index contributed by atoms with van der Waals surface area (Å²) < 4.78 is 2.26. The Bertz CT molecular complexity index is 243. The Labute approximate surface area is 74.4 Å². The average molecular weight is 165 g/mol. The highest BCUT2D eigenvalue weighted by atomic mass is 15.1. The van der Waals surface area contributed by atoms with Gasteiger partial charge in [-0.1, -0.05) is 6.07 Å². The lowest BCUT2D eigenvalue weighted by Crippen LogP contribution is -2.40. The van der Waals surface area contributed by atoms with Crippen molar-refractivity contribution in [2.75, 3.05) is 20.6 Å². The van der Waals surface area contributed by atoms with Crippen molar-refractivity contribution in [1.82, 2.24) is 4.90 Å². The maximum Gasteiger partial charge on any atom is 0.178 e. The molecular formula is C10H17N2+. The average Bonchev–Trinajstić information content (AvgIpc) is 2.03. The van der Waals surface area contributed by atoms with E-state index in [9.17, 15) is 0 Å². The molecule has 0 aliphatic carbocycles. The zero-order chi connectivity index (χ0) is 8.97. The number of aromatic nitrogens is 1. The second-order valence-corrected chi connectivity index (χ2v) is 3.34. The molecular weight excluding hydrogens is 148 g/mol. The molecule has 0 N–H and O–H groups in total. The molecule has 1 aromatic heterocycles. The first kappa shape index (κ1) is 9.20. The molecule has 0 saturated carbocycles. The lowest BCUT2D eigenvalue weighted by atomic mass is 10.3. The highest BCUT2D eigenvalue weighted by molar-refractivity contribution is 4.93. The minimum atomic E-state index is 1.07. The van der Waals surface area contributed by atoms with Crippen molar-refractivity contribution < 1.29 is 4.57 Å². The molecule has 0 aromatic carbocycles. The van der Waals surface area contributed by atoms with E-state index in [-0.39, 0.29) is 0 Å². The maximum atomic E-state index is 2.26. The van der Waals surface area contributed by atoms with E-state index in [0.717, 1.165) is 13.1 Å². The van der Waals surface area contributed by atoms with Crippen molar-refractivity contribution in [2.45, 2.75) is 13.5 Å². The summed E-state index contributed by atoms with van der Waals surface area (Å²) in [6.07, 6.45) is 2.12. The molecule has 0 amide bonds. The van der Waals surface area contributed by atoms with Gasteiger partial charge >= 0.3 is 0 Å². The van der Waals surface area contributed by atoms with Gasteiger partial charge in [-0.3, -0.25) is 0 Å². The van der Waals surface area contributed by atoms with Crippen LogP contribution >= 0.6 is 0 Å². The zero-order valence-electron chi connectivity index (χ0n) is 8.12. The van der Waals surface area contributed by atoms with Gasteiger partial charge in [0.1, 0.15) is 0 Å². The quantitative estimate of drug-likeness (QED) is 0.602. The van der Waals surface area contributed by atoms with E-state index >= 15 is 0 Å². The smallest absolute Gasteiger partial charge is 0.178 e. The molecule has 0 aliphatic heterocycles. The molecule has 1 aromatic rings. The van der Waals surface area contributed by atoms with Gasteiger partial charge in [-0.25, -0.2) is 4.57 Å². The van der Waals surface area contributed by atoms with Crippen LogP contribution in [0.5, 0.6) is 0 Å². The molecule has 0 atom stereocenters. The first-order chi connectivity index (χ1) is 5.70. The minimum absolute atomic E-state index is 1.07. The molecule has 1 rings (SSSR count). The Morgan fingerprint density at radius 3 is 2.67 bits per heavy atom. The Balaban J connectivity index is 2.57. The van der Waals surface area contributed by atoms with Crippen molar-refractivity contribution in [1.29, 1.82) is 0 Å². The van der Waals surface area contributed by atoms with E-state index < -0.39 is 0 Å². The molecule has 12 heavy (non-hydrogen) atoms. The summed E-state index contributed by atoms with van der Waals surface area (Å²) in [6, 6.07) is 6.28. The normalized spacial score (nSPS) is 10.7. The van der Waals surface area contributed by atoms with Crippen LogP contribution < -0.4 is 4.57 Å². The minimum Gasteiger partial charge on any atom is -0.303 e. The fourth-order valence-corrected chi connectivity index (χ4v) is 1.12. The molecule has 0 bridgehead atoms. The number of rotatable bonds is 3. The zero-order valence-corrected chi connectivity index (χ0v) is 8.12. The predicted octanol–water partition coefficient (Wildman–Crippen LogP) is 0.844. The van der Waals surface area contributed by atoms with E-state index in [2.05, 4.69) is 54.9 Å². The SMILES string of the molecule is Cc1cccc[n+]1CCN(C)C. The van der Waals surface area contributed by atoms with E-state index in [1.54, 1.807) is 0 Å². The molecule has 0 radical (unpaired) electrons. The standard InChI is InChI=1S/C10H17N2/c1-10-6-4-5-7-12(10)9-8-11(2)3/h4-7H,8-9H2,1-3H3/q+1. The third-order valence-corrected chi connectivity index (χ3v) is 1.96. The van der Waals surface area contributed by atoms with Crippen LogP contribution in [-0.2, 0) is 6.54 Å². The van der Waals surface area contributed by atoms with E-state index in [1.165, 1.54) is 5.69 Å². The fraction of sp³-hybridized carbons (Fsp3) is 0.500. The van der Waals surface area contributed by atoms with E-state index in [4.69, 9.17) is 0 Å². The molecule has 2 heteroatoms. The van der Waals surface area contributed by atoms with Crippen LogP contribution in [0.2, 0.25) is 0 Å². The number of nitrogens with zero attached hydrogens (tertiary/aromatic N) is 2. The summed E-state index contributed by atoms with van der Waals surface area (Å²) in [6.45, 7) is 4.30. The molecule has 0 fully saturated rings. The van der Waals surface area contributed by atoms with Crippen LogP contribution in [0.4, 0.5) is 0 Å². The van der Waals surface area contributed by atoms with Crippen molar-refractivity contribution in [2.24, 2.45) is 0 Å². The maximum absolute atomic E-state index is 2.26. The van der Waals surface area contributed by atoms with Gasteiger partial charge in [-0.2, -0.15) is 0 Å². The van der Waals surface area contributed by atoms with Gasteiger partial charge in [0.15, 0.2) is 18.4 Å². The Hall–Kier alpha value is -0.890. The molecule has 0 aliphatic rings. The summed E-state index contributed by atoms with van der Waals surface area (Å²) in [7, 11) is 4.19. The summed E-state index contributed by atoms with van der Waals surface area (Å²) >= 11 is 0. The predicted molar refractivity (Wildman–Crippen MR) is 49.9 cm³/mol. The van der Waals surface area contributed by atoms with Crippen LogP contribution in [0.3, 0.4) is 0 Å². The van der Waals surface area contributed by atoms with Crippen LogP contribution in [-0.4, -0.2) is 25.5 Å². The Morgan fingerprint density at radius 2 is 2.08 bits per heavy atom. The van der Waals surface area contributed by atoms with Crippen molar-refractivity contribution in [3.05, 3.63) is 30.1 Å². The number of aryl methyl sites for hydroxylation is 1. The second kappa shape index (κ2) is 4.21. The Morgan fingerprint density at radius 1 is 1.33 bits per heavy atom. The van der Waals surface area contributed by atoms with E-state index in [0.29, 0.717) is 0 Å². The van der Waals surface area contributed by atoms with Gasteiger partial charge in [0, 0.05) is 19.1 Å². The summed E-state index contributed by atoms with van der Waals surface area (Å²) in [5.41, 5.74) is 1.32. The van der Waals surface area contributed by atoms with Gasteiger partial charge in [0.05, 0.1) is 6.54 Å². The summed E-state index contributed by atoms with van der Waals surface area (Å²) in [5.74, 6) is 0. The molecule has 2 nitrogen and oxygen atoms in total. The first-order valence-corrected chi connectivity index (χ1v) is 4.30. The Kier molecular flexibility index (Phi) is 3.23. The molecule has 66 valence electrons. The first-order valence-electron chi connectivity index (χ1n) is 4.30. The van der Waals surface area contributed by atoms with Gasteiger partial charge in [0.25, 0.3) is 0 Å². The third-order valence-electron chi connectivity index (χ3n) is 1.96. The van der Waals surface area contributed by atoms with Crippen LogP contribution in [0.25, 0.3) is 0 Å². The van der Waals surface area contributed by atoms with Crippen LogP contribution in [0.15, 0.2) is 24.4 Å². The van der Waals surface area contributed by atoms with Gasteiger partial charge in [-0.05, 0) is 14.1 Å². The van der Waals surface area contributed by atoms with Crippen molar-refractivity contribution in [3.8, 4) is 0 Å². The second-order valence-electron chi connectivity index (χ2n) is 3.34.